The van der Waals surface area contributed by atoms with Crippen LogP contribution in [0.3, 0.4) is 0 Å². The van der Waals surface area contributed by atoms with Gasteiger partial charge in [0.25, 0.3) is 0 Å². The average Bonchev–Trinajstić information content (AvgIpc) is 2.21. The summed E-state index contributed by atoms with van der Waals surface area (Å²) in [6.07, 6.45) is 3.57. The van der Waals surface area contributed by atoms with Crippen LogP contribution in [0.25, 0.3) is 0 Å². The van der Waals surface area contributed by atoms with Gasteiger partial charge < -0.3 is 9.84 Å². The number of hydrogen-bond acceptors (Lipinski definition) is 5. The van der Waals surface area contributed by atoms with Gasteiger partial charge in [0.05, 0.1) is 6.10 Å². The Bertz CT molecular complexity index is 272. The summed E-state index contributed by atoms with van der Waals surface area (Å²) >= 11 is 0. The molecule has 0 aliphatic rings. The third-order valence-electron chi connectivity index (χ3n) is 1.54. The van der Waals surface area contributed by atoms with Crippen LogP contribution in [0.15, 0.2) is 22.3 Å². The first-order chi connectivity index (χ1) is 7.57. The van der Waals surface area contributed by atoms with Gasteiger partial charge in [0.1, 0.15) is 0 Å². The number of hydrogen-bond donors (Lipinski definition) is 1. The van der Waals surface area contributed by atoms with E-state index >= 15 is 0 Å². The van der Waals surface area contributed by atoms with Crippen molar-refractivity contribution >= 4 is 18.9 Å². The van der Waals surface area contributed by atoms with Gasteiger partial charge in [0.15, 0.2) is 6.10 Å². The van der Waals surface area contributed by atoms with Crippen LogP contribution in [-0.2, 0) is 9.53 Å². The van der Waals surface area contributed by atoms with Crippen LogP contribution in [0.4, 0.5) is 0 Å². The smallest absolute Gasteiger partial charge is 0.335 e. The lowest BCUT2D eigenvalue weighted by molar-refractivity contribution is -0.157. The summed E-state index contributed by atoms with van der Waals surface area (Å²) in [5.74, 6) is -0.603. The fourth-order valence-electron chi connectivity index (χ4n) is 0.860. The van der Waals surface area contributed by atoms with Gasteiger partial charge in [0, 0.05) is 25.4 Å². The minimum absolute atomic E-state index is 0.216. The van der Waals surface area contributed by atoms with Crippen molar-refractivity contribution in [3.05, 3.63) is 12.3 Å². The molecule has 0 aromatic carbocycles. The van der Waals surface area contributed by atoms with Gasteiger partial charge in [-0.15, -0.1) is 0 Å². The third-order valence-corrected chi connectivity index (χ3v) is 1.54. The Kier molecular flexibility index (Phi) is 7.97. The summed E-state index contributed by atoms with van der Waals surface area (Å²) < 4.78 is 4.83. The van der Waals surface area contributed by atoms with Crippen molar-refractivity contribution in [2.75, 3.05) is 6.54 Å². The highest BCUT2D eigenvalue weighted by Crippen LogP contribution is 1.98. The van der Waals surface area contributed by atoms with Gasteiger partial charge >= 0.3 is 5.97 Å². The number of aliphatic hydroxyl groups is 1. The number of carbonyl (C=O) groups is 1. The molecule has 1 N–H and O–H groups in total. The second-order valence-electron chi connectivity index (χ2n) is 3.37. The van der Waals surface area contributed by atoms with Crippen LogP contribution in [0, 0.1) is 0 Å². The molecule has 0 rings (SSSR count). The van der Waals surface area contributed by atoms with Crippen LogP contribution in [0.1, 0.15) is 20.3 Å². The molecule has 0 aromatic heterocycles. The lowest BCUT2D eigenvalue weighted by Crippen LogP contribution is -2.26. The molecule has 16 heavy (non-hydrogen) atoms. The van der Waals surface area contributed by atoms with Gasteiger partial charge in [0.2, 0.25) is 0 Å². The molecule has 1 atom stereocenters. The zero-order valence-electron chi connectivity index (χ0n) is 9.67. The summed E-state index contributed by atoms with van der Waals surface area (Å²) in [4.78, 5) is 18.6. The number of nitrogens with zero attached hydrogens (tertiary/aromatic N) is 2. The molecule has 0 heterocycles. The van der Waals surface area contributed by atoms with E-state index in [1.54, 1.807) is 19.9 Å². The number of aliphatic hydroxyl groups excluding tert-OH is 1. The molecule has 0 saturated heterocycles. The molecule has 0 saturated carbocycles. The number of rotatable bonds is 7. The van der Waals surface area contributed by atoms with E-state index in [0.29, 0.717) is 6.54 Å². The zero-order valence-corrected chi connectivity index (χ0v) is 9.67. The van der Waals surface area contributed by atoms with Crippen molar-refractivity contribution in [3.63, 3.8) is 0 Å². The van der Waals surface area contributed by atoms with E-state index in [-0.39, 0.29) is 12.5 Å². The molecule has 0 amide bonds. The molecule has 0 radical (unpaired) electrons. The highest BCUT2D eigenvalue weighted by molar-refractivity contribution is 5.74. The molecular weight excluding hydrogens is 208 g/mol. The molecule has 0 aliphatic heterocycles. The Morgan fingerprint density at radius 2 is 2.25 bits per heavy atom. The first-order valence-electron chi connectivity index (χ1n) is 5.07. The highest BCUT2D eigenvalue weighted by atomic mass is 16.6. The molecule has 5 heteroatoms. The summed E-state index contributed by atoms with van der Waals surface area (Å²) in [5.41, 5.74) is 0. The van der Waals surface area contributed by atoms with Gasteiger partial charge in [-0.1, -0.05) is 0 Å². The predicted octanol–water partition coefficient (Wildman–Crippen LogP) is 0.974. The van der Waals surface area contributed by atoms with Crippen LogP contribution in [0.2, 0.25) is 0 Å². The molecule has 0 aromatic rings. The summed E-state index contributed by atoms with van der Waals surface area (Å²) in [6.45, 7) is 7.08. The van der Waals surface area contributed by atoms with Crippen molar-refractivity contribution in [2.45, 2.75) is 32.5 Å². The lowest BCUT2D eigenvalue weighted by Gasteiger charge is -2.11. The number of aliphatic imine (C=N–C) groups is 2. The molecule has 0 spiro atoms. The maximum Gasteiger partial charge on any atom is 0.335 e. The second kappa shape index (κ2) is 8.79. The Labute approximate surface area is 95.6 Å². The van der Waals surface area contributed by atoms with E-state index in [4.69, 9.17) is 4.74 Å². The van der Waals surface area contributed by atoms with E-state index in [0.717, 1.165) is 0 Å². The number of allylic oxidation sites excluding steroid dienone is 1. The quantitative estimate of drug-likeness (QED) is 0.519. The van der Waals surface area contributed by atoms with Gasteiger partial charge in [-0.2, -0.15) is 0 Å². The van der Waals surface area contributed by atoms with E-state index in [1.807, 2.05) is 0 Å². The fraction of sp³-hybridized carbons (Fsp3) is 0.545. The number of esters is 1. The molecule has 5 nitrogen and oxygen atoms in total. The van der Waals surface area contributed by atoms with Crippen molar-refractivity contribution < 1.29 is 14.6 Å². The normalized spacial score (nSPS) is 13.5. The predicted molar refractivity (Wildman–Crippen MR) is 63.9 cm³/mol. The largest absolute Gasteiger partial charge is 0.461 e. The van der Waals surface area contributed by atoms with Crippen molar-refractivity contribution in [2.24, 2.45) is 9.98 Å². The van der Waals surface area contributed by atoms with E-state index in [9.17, 15) is 9.90 Å². The molecule has 0 bridgehead atoms. The Hall–Kier alpha value is -1.49. The summed E-state index contributed by atoms with van der Waals surface area (Å²) in [6, 6.07) is 0. The molecule has 0 fully saturated rings. The SMILES string of the molecule is C=N/C=C\C=NCCC(O)C(=O)OC(C)C. The first kappa shape index (κ1) is 14.5. The maximum absolute atomic E-state index is 11.2. The Balaban J connectivity index is 3.76. The zero-order chi connectivity index (χ0) is 12.4. The van der Waals surface area contributed by atoms with Gasteiger partial charge in [-0.3, -0.25) is 9.98 Å². The average molecular weight is 226 g/mol. The minimum atomic E-state index is -1.11. The Morgan fingerprint density at radius 3 is 2.81 bits per heavy atom. The number of ether oxygens (including phenoxy) is 1. The van der Waals surface area contributed by atoms with Gasteiger partial charge in [-0.05, 0) is 26.6 Å². The van der Waals surface area contributed by atoms with Crippen LogP contribution in [-0.4, -0.2) is 42.8 Å². The maximum atomic E-state index is 11.2. The number of carbonyl (C=O) groups excluding carboxylic acids is 1. The molecule has 1 unspecified atom stereocenters. The van der Waals surface area contributed by atoms with E-state index in [1.165, 1.54) is 12.4 Å². The molecule has 0 aliphatic carbocycles. The van der Waals surface area contributed by atoms with Crippen LogP contribution >= 0.6 is 0 Å². The summed E-state index contributed by atoms with van der Waals surface area (Å²) in [7, 11) is 0. The first-order valence-corrected chi connectivity index (χ1v) is 5.07. The Morgan fingerprint density at radius 1 is 1.56 bits per heavy atom. The van der Waals surface area contributed by atoms with Crippen molar-refractivity contribution in [1.29, 1.82) is 0 Å². The topological polar surface area (TPSA) is 71.2 Å². The molecular formula is C11H18N2O3. The van der Waals surface area contributed by atoms with E-state index < -0.39 is 12.1 Å². The van der Waals surface area contributed by atoms with Crippen molar-refractivity contribution in [1.82, 2.24) is 0 Å². The highest BCUT2D eigenvalue weighted by Gasteiger charge is 2.16. The van der Waals surface area contributed by atoms with Crippen LogP contribution < -0.4 is 0 Å². The second-order valence-corrected chi connectivity index (χ2v) is 3.37. The van der Waals surface area contributed by atoms with E-state index in [2.05, 4.69) is 16.7 Å². The van der Waals surface area contributed by atoms with Crippen molar-refractivity contribution in [3.8, 4) is 0 Å². The minimum Gasteiger partial charge on any atom is -0.461 e. The van der Waals surface area contributed by atoms with Gasteiger partial charge in [-0.25, -0.2) is 4.79 Å². The standard InChI is InChI=1S/C11H18N2O3/c1-9(2)16-11(15)10(14)5-8-13-7-4-6-12-3/h4,6-7,9-10,14H,3,5,8H2,1-2H3/b6-4-,13-7?. The third kappa shape index (κ3) is 7.87. The monoisotopic (exact) mass is 226 g/mol. The van der Waals surface area contributed by atoms with Crippen LogP contribution in [0.5, 0.6) is 0 Å². The lowest BCUT2D eigenvalue weighted by atomic mass is 10.2. The fourth-order valence-corrected chi connectivity index (χ4v) is 0.860. The molecule has 90 valence electrons. The summed E-state index contributed by atoms with van der Waals surface area (Å²) in [5, 5.41) is 9.37.